The minimum Gasteiger partial charge on any atom is -0.0984 e. The first-order valence-corrected chi connectivity index (χ1v) is 10.0. The van der Waals surface area contributed by atoms with E-state index < -0.39 is 0 Å². The summed E-state index contributed by atoms with van der Waals surface area (Å²) in [5.74, 6) is 0. The molecule has 0 aromatic heterocycles. The van der Waals surface area contributed by atoms with Gasteiger partial charge in [-0.15, -0.1) is 0 Å². The van der Waals surface area contributed by atoms with Crippen LogP contribution in [0, 0.1) is 0 Å². The molecule has 0 saturated heterocycles. The van der Waals surface area contributed by atoms with Crippen molar-refractivity contribution in [3.8, 4) is 22.3 Å². The molecule has 0 nitrogen and oxygen atoms in total. The highest BCUT2D eigenvalue weighted by atomic mass is 14.2. The molecule has 4 aromatic carbocycles. The molecule has 0 radical (unpaired) electrons. The molecule has 0 amide bonds. The first-order valence-electron chi connectivity index (χ1n) is 10.0. The molecule has 0 aliphatic heterocycles. The van der Waals surface area contributed by atoms with Crippen LogP contribution in [0.25, 0.3) is 57.3 Å². The molecule has 144 valence electrons. The fourth-order valence-electron chi connectivity index (χ4n) is 4.23. The Morgan fingerprint density at radius 3 is 1.80 bits per heavy atom. The molecular weight excluding hydrogens is 360 g/mol. The summed E-state index contributed by atoms with van der Waals surface area (Å²) in [6.45, 7) is 16.4. The number of benzene rings is 4. The van der Waals surface area contributed by atoms with Crippen molar-refractivity contribution >= 4 is 35.1 Å². The summed E-state index contributed by atoms with van der Waals surface area (Å²) >= 11 is 0. The Morgan fingerprint density at radius 1 is 0.533 bits per heavy atom. The zero-order valence-electron chi connectivity index (χ0n) is 17.1. The van der Waals surface area contributed by atoms with E-state index in [0.717, 1.165) is 44.5 Å². The van der Waals surface area contributed by atoms with Gasteiger partial charge in [0.05, 0.1) is 0 Å². The molecule has 0 N–H and O–H groups in total. The second-order valence-corrected chi connectivity index (χ2v) is 7.15. The van der Waals surface area contributed by atoms with Crippen LogP contribution in [0.1, 0.15) is 22.3 Å². The Labute approximate surface area is 178 Å². The molecule has 30 heavy (non-hydrogen) atoms. The van der Waals surface area contributed by atoms with Crippen molar-refractivity contribution in [1.82, 2.24) is 0 Å². The van der Waals surface area contributed by atoms with E-state index >= 15 is 0 Å². The van der Waals surface area contributed by atoms with Gasteiger partial charge in [-0.25, -0.2) is 0 Å². The van der Waals surface area contributed by atoms with Gasteiger partial charge in [0, 0.05) is 0 Å². The Hall–Kier alpha value is -3.90. The molecule has 0 saturated carbocycles. The van der Waals surface area contributed by atoms with Gasteiger partial charge in [0.1, 0.15) is 0 Å². The third-order valence-corrected chi connectivity index (χ3v) is 5.60. The predicted molar refractivity (Wildman–Crippen MR) is 135 cm³/mol. The summed E-state index contributed by atoms with van der Waals surface area (Å²) in [6, 6.07) is 25.4. The fourth-order valence-corrected chi connectivity index (χ4v) is 4.23. The average molecular weight is 385 g/mol. The second-order valence-electron chi connectivity index (χ2n) is 7.15. The third kappa shape index (κ3) is 3.13. The van der Waals surface area contributed by atoms with E-state index in [9.17, 15) is 0 Å². The lowest BCUT2D eigenvalue weighted by Gasteiger charge is -2.19. The van der Waals surface area contributed by atoms with Crippen molar-refractivity contribution in [3.63, 3.8) is 0 Å². The van der Waals surface area contributed by atoms with Crippen LogP contribution in [-0.4, -0.2) is 0 Å². The largest absolute Gasteiger partial charge is 0.0984 e. The van der Waals surface area contributed by atoms with Gasteiger partial charge in [0.2, 0.25) is 0 Å². The number of hydrogen-bond acceptors (Lipinski definition) is 0. The van der Waals surface area contributed by atoms with E-state index in [1.54, 1.807) is 0 Å². The maximum absolute atomic E-state index is 4.14. The zero-order chi connectivity index (χ0) is 21.1. The van der Waals surface area contributed by atoms with Crippen molar-refractivity contribution in [3.05, 3.63) is 121 Å². The molecule has 4 rings (SSSR count). The quantitative estimate of drug-likeness (QED) is 0.312. The zero-order valence-corrected chi connectivity index (χ0v) is 17.1. The molecule has 0 heteroatoms. The normalized spacial score (nSPS) is 10.5. The van der Waals surface area contributed by atoms with Crippen molar-refractivity contribution in [2.75, 3.05) is 0 Å². The smallest absolute Gasteiger partial charge is 0.00208 e. The van der Waals surface area contributed by atoms with E-state index in [0.29, 0.717) is 0 Å². The Bertz CT molecular complexity index is 1290. The Morgan fingerprint density at radius 2 is 1.13 bits per heavy atom. The topological polar surface area (TPSA) is 0 Å². The first kappa shape index (κ1) is 19.4. The van der Waals surface area contributed by atoms with Crippen LogP contribution in [0.2, 0.25) is 0 Å². The summed E-state index contributed by atoms with van der Waals surface area (Å²) in [6.07, 6.45) is 7.68. The van der Waals surface area contributed by atoms with E-state index in [1.165, 1.54) is 10.8 Å². The fraction of sp³-hybridized carbons (Fsp3) is 0. The van der Waals surface area contributed by atoms with Gasteiger partial charge in [0.15, 0.2) is 0 Å². The minimum absolute atomic E-state index is 1.07. The van der Waals surface area contributed by atoms with Crippen molar-refractivity contribution in [2.24, 2.45) is 0 Å². The predicted octanol–water partition coefficient (Wildman–Crippen LogP) is 8.75. The summed E-state index contributed by atoms with van der Waals surface area (Å²) in [7, 11) is 0. The molecule has 0 aliphatic carbocycles. The minimum atomic E-state index is 1.07. The van der Waals surface area contributed by atoms with Crippen molar-refractivity contribution in [2.45, 2.75) is 0 Å². The van der Waals surface area contributed by atoms with Gasteiger partial charge >= 0.3 is 0 Å². The number of hydrogen-bond donors (Lipinski definition) is 0. The molecular formula is C30H24. The van der Waals surface area contributed by atoms with Crippen LogP contribution in [0.5, 0.6) is 0 Å². The highest BCUT2D eigenvalue weighted by molar-refractivity contribution is 6.05. The van der Waals surface area contributed by atoms with Gasteiger partial charge in [0.25, 0.3) is 0 Å². The van der Waals surface area contributed by atoms with Crippen LogP contribution in [-0.2, 0) is 0 Å². The molecule has 0 spiro atoms. The van der Waals surface area contributed by atoms with Crippen LogP contribution in [0.3, 0.4) is 0 Å². The summed E-state index contributed by atoms with van der Waals surface area (Å²) < 4.78 is 0. The molecule has 0 atom stereocenters. The second kappa shape index (κ2) is 8.23. The molecule has 0 heterocycles. The maximum Gasteiger partial charge on any atom is -0.00208 e. The monoisotopic (exact) mass is 384 g/mol. The highest BCUT2D eigenvalue weighted by Gasteiger charge is 2.17. The lowest BCUT2D eigenvalue weighted by molar-refractivity contribution is 1.54. The van der Waals surface area contributed by atoms with Gasteiger partial charge in [-0.1, -0.05) is 117 Å². The standard InChI is InChI=1S/C30H24/c1-5-21-20-23-16-12-13-17-28(23)30(24(21)6-2)29-19-18-27(22-14-10-9-11-15-22)25(7-3)26(29)8-4/h5-20H,1-4H2. The number of rotatable bonds is 6. The lowest BCUT2D eigenvalue weighted by atomic mass is 9.84. The Balaban J connectivity index is 2.13. The van der Waals surface area contributed by atoms with E-state index in [2.05, 4.69) is 93.0 Å². The van der Waals surface area contributed by atoms with Gasteiger partial charge in [-0.3, -0.25) is 0 Å². The number of fused-ring (bicyclic) bond motifs is 1. The molecule has 0 unspecified atom stereocenters. The van der Waals surface area contributed by atoms with E-state index in [4.69, 9.17) is 0 Å². The van der Waals surface area contributed by atoms with Gasteiger partial charge in [-0.2, -0.15) is 0 Å². The van der Waals surface area contributed by atoms with Crippen molar-refractivity contribution in [1.29, 1.82) is 0 Å². The first-order chi connectivity index (χ1) is 14.7. The van der Waals surface area contributed by atoms with Crippen LogP contribution in [0.15, 0.2) is 99.1 Å². The van der Waals surface area contributed by atoms with Gasteiger partial charge in [-0.05, 0) is 61.3 Å². The van der Waals surface area contributed by atoms with E-state index in [1.807, 2.05) is 30.4 Å². The lowest BCUT2D eigenvalue weighted by Crippen LogP contribution is -1.96. The summed E-state index contributed by atoms with van der Waals surface area (Å²) in [5.41, 5.74) is 8.88. The molecule has 4 aromatic rings. The molecule has 0 bridgehead atoms. The van der Waals surface area contributed by atoms with Crippen LogP contribution in [0.4, 0.5) is 0 Å². The maximum atomic E-state index is 4.14. The van der Waals surface area contributed by atoms with Crippen LogP contribution < -0.4 is 0 Å². The summed E-state index contributed by atoms with van der Waals surface area (Å²) in [4.78, 5) is 0. The van der Waals surface area contributed by atoms with E-state index in [-0.39, 0.29) is 0 Å². The van der Waals surface area contributed by atoms with Gasteiger partial charge < -0.3 is 0 Å². The SMILES string of the molecule is C=Cc1cc2ccccc2c(-c2ccc(-c3ccccc3)c(C=C)c2C=C)c1C=C. The molecule has 0 aliphatic rings. The average Bonchev–Trinajstić information content (AvgIpc) is 2.82. The highest BCUT2D eigenvalue weighted by Crippen LogP contribution is 2.41. The Kier molecular flexibility index (Phi) is 5.32. The van der Waals surface area contributed by atoms with Crippen LogP contribution >= 0.6 is 0 Å². The molecule has 0 fully saturated rings. The van der Waals surface area contributed by atoms with Crippen molar-refractivity contribution < 1.29 is 0 Å². The third-order valence-electron chi connectivity index (χ3n) is 5.60. The summed E-state index contributed by atoms with van der Waals surface area (Å²) in [5, 5.41) is 2.36.